The highest BCUT2D eigenvalue weighted by molar-refractivity contribution is 8.13. The number of ether oxygens (including phenoxy) is 1. The van der Waals surface area contributed by atoms with Crippen LogP contribution in [0.5, 0.6) is 0 Å². The Morgan fingerprint density at radius 3 is 2.17 bits per heavy atom. The lowest BCUT2D eigenvalue weighted by molar-refractivity contribution is -0.142. The highest BCUT2D eigenvalue weighted by Gasteiger charge is 2.32. The van der Waals surface area contributed by atoms with Gasteiger partial charge in [0.15, 0.2) is 11.4 Å². The normalized spacial score (nSPS) is 16.1. The van der Waals surface area contributed by atoms with Crippen LogP contribution in [0.2, 0.25) is 0 Å². The first-order valence-electron chi connectivity index (χ1n) is 21.1. The second kappa shape index (κ2) is 23.7. The van der Waals surface area contributed by atoms with Crippen molar-refractivity contribution < 1.29 is 24.2 Å². The van der Waals surface area contributed by atoms with E-state index in [0.29, 0.717) is 82.9 Å². The number of hydrogen-bond acceptors (Lipinski definition) is 9. The molecule has 12 nitrogen and oxygen atoms in total. The van der Waals surface area contributed by atoms with Gasteiger partial charge in [-0.25, -0.2) is 0 Å². The molecule has 1 saturated heterocycles. The van der Waals surface area contributed by atoms with E-state index in [0.717, 1.165) is 32.7 Å². The highest BCUT2D eigenvalue weighted by atomic mass is 32.2. The van der Waals surface area contributed by atoms with Crippen molar-refractivity contribution in [2.75, 3.05) is 39.0 Å². The van der Waals surface area contributed by atoms with Crippen molar-refractivity contribution in [3.05, 3.63) is 96.1 Å². The zero-order valence-electron chi connectivity index (χ0n) is 35.1. The van der Waals surface area contributed by atoms with Gasteiger partial charge < -0.3 is 31.1 Å². The minimum absolute atomic E-state index is 0.0988. The summed E-state index contributed by atoms with van der Waals surface area (Å²) in [5.41, 5.74) is 7.83. The monoisotopic (exact) mass is 835 g/mol. The number of thioether (sulfide) groups is 1. The van der Waals surface area contributed by atoms with Gasteiger partial charge in [0.05, 0.1) is 31.3 Å². The van der Waals surface area contributed by atoms with Gasteiger partial charge in [0.2, 0.25) is 17.7 Å². The number of unbranched alkanes of at least 4 members (excludes halogenated alkanes) is 1. The van der Waals surface area contributed by atoms with Gasteiger partial charge in [-0.3, -0.25) is 24.7 Å². The summed E-state index contributed by atoms with van der Waals surface area (Å²) in [6, 6.07) is 26.9. The number of amides is 3. The number of rotatable bonds is 20. The summed E-state index contributed by atoms with van der Waals surface area (Å²) in [5, 5.41) is 34.2. The van der Waals surface area contributed by atoms with E-state index in [1.54, 1.807) is 4.90 Å². The molecule has 5 rings (SSSR count). The quantitative estimate of drug-likeness (QED) is 0.0245. The Morgan fingerprint density at radius 1 is 0.933 bits per heavy atom. The number of fused-ring (bicyclic) bond motifs is 2. The minimum Gasteiger partial charge on any atom is -0.390 e. The zero-order valence-corrected chi connectivity index (χ0v) is 36.0. The molecule has 4 aromatic rings. The van der Waals surface area contributed by atoms with Crippen molar-refractivity contribution in [2.45, 2.75) is 89.5 Å². The number of morpholine rings is 1. The van der Waals surface area contributed by atoms with Crippen LogP contribution in [0, 0.1) is 23.3 Å². The molecule has 60 heavy (non-hydrogen) atoms. The fourth-order valence-electron chi connectivity index (χ4n) is 7.99. The van der Waals surface area contributed by atoms with Crippen LogP contribution >= 0.6 is 11.8 Å². The van der Waals surface area contributed by atoms with E-state index in [2.05, 4.69) is 69.5 Å². The van der Waals surface area contributed by atoms with Crippen LogP contribution in [0.1, 0.15) is 63.5 Å². The van der Waals surface area contributed by atoms with Crippen LogP contribution in [-0.4, -0.2) is 96.2 Å². The second-order valence-corrected chi connectivity index (χ2v) is 16.8. The molecule has 13 heteroatoms. The molecule has 3 amide bonds. The number of aliphatic hydroxyl groups excluding tert-OH is 1. The van der Waals surface area contributed by atoms with Gasteiger partial charge in [-0.05, 0) is 96.3 Å². The van der Waals surface area contributed by atoms with Gasteiger partial charge >= 0.3 is 0 Å². The molecule has 0 aliphatic carbocycles. The number of carbonyl (C=O) groups excluding carboxylic acids is 3. The smallest absolute Gasteiger partial charge is 0.242 e. The molecule has 1 fully saturated rings. The fourth-order valence-corrected chi connectivity index (χ4v) is 8.36. The number of amidine groups is 1. The third kappa shape index (κ3) is 13.5. The van der Waals surface area contributed by atoms with Crippen LogP contribution in [0.4, 0.5) is 0 Å². The third-order valence-electron chi connectivity index (χ3n) is 11.1. The molecule has 1 heterocycles. The van der Waals surface area contributed by atoms with Gasteiger partial charge in [-0.1, -0.05) is 111 Å². The lowest BCUT2D eigenvalue weighted by Gasteiger charge is -2.34. The first-order valence-corrected chi connectivity index (χ1v) is 22.4. The molecule has 0 saturated carbocycles. The maximum atomic E-state index is 14.7. The third-order valence-corrected chi connectivity index (χ3v) is 11.7. The number of nitrogens with zero attached hydrogens (tertiary/aromatic N) is 3. The van der Waals surface area contributed by atoms with Gasteiger partial charge in [0.1, 0.15) is 6.04 Å². The molecule has 0 bridgehead atoms. The summed E-state index contributed by atoms with van der Waals surface area (Å²) >= 11 is 1.34. The standard InChI is InChI=1S/C47H61N7O5S/c1-32(2)26-42(43(55)29-44(56)54-24-25-59-38(30-54)21-22-48)53-46(58)41(20-8-9-23-50-47(60-3)51-31-49)52-45(57)37(27-35-16-10-14-33-12-4-6-18-39(33)35)28-36-17-11-15-34-13-5-7-19-40(34)36/h4-7,10-19,32,37-38,41-43,55H,8-9,20-30,48H2,1-3H3,(H,50,51)(H,52,57)(H,53,58)/t38?,41?,42?,43-/m0/s1. The van der Waals surface area contributed by atoms with Crippen LogP contribution in [0.15, 0.2) is 89.9 Å². The first kappa shape index (κ1) is 46.1. The number of nitriles is 1. The number of benzene rings is 4. The molecular weight excluding hydrogens is 775 g/mol. The van der Waals surface area contributed by atoms with E-state index in [1.165, 1.54) is 11.8 Å². The molecule has 4 aromatic carbocycles. The van der Waals surface area contributed by atoms with Gasteiger partial charge in [-0.2, -0.15) is 5.26 Å². The number of hydrogen-bond donors (Lipinski definition) is 5. The molecule has 3 unspecified atom stereocenters. The average Bonchev–Trinajstić information content (AvgIpc) is 3.25. The van der Waals surface area contributed by atoms with Gasteiger partial charge in [0.25, 0.3) is 0 Å². The molecule has 320 valence electrons. The van der Waals surface area contributed by atoms with Gasteiger partial charge in [0, 0.05) is 25.6 Å². The lowest BCUT2D eigenvalue weighted by Crippen LogP contribution is -2.55. The van der Waals surface area contributed by atoms with E-state index >= 15 is 0 Å². The Kier molecular flexibility index (Phi) is 18.2. The van der Waals surface area contributed by atoms with Crippen LogP contribution < -0.4 is 21.7 Å². The van der Waals surface area contributed by atoms with Crippen LogP contribution in [0.25, 0.3) is 21.5 Å². The Bertz CT molecular complexity index is 2010. The van der Waals surface area contributed by atoms with Crippen molar-refractivity contribution >= 4 is 56.2 Å². The molecule has 0 aromatic heterocycles. The summed E-state index contributed by atoms with van der Waals surface area (Å²) in [7, 11) is 0. The second-order valence-electron chi connectivity index (χ2n) is 16.0. The largest absolute Gasteiger partial charge is 0.390 e. The average molecular weight is 836 g/mol. The Morgan fingerprint density at radius 2 is 1.57 bits per heavy atom. The molecule has 6 N–H and O–H groups in total. The summed E-state index contributed by atoms with van der Waals surface area (Å²) in [4.78, 5) is 48.8. The van der Waals surface area contributed by atoms with E-state index < -0.39 is 30.0 Å². The van der Waals surface area contributed by atoms with Crippen molar-refractivity contribution in [3.8, 4) is 6.19 Å². The molecule has 4 atom stereocenters. The summed E-state index contributed by atoms with van der Waals surface area (Å²) < 4.78 is 5.76. The highest BCUT2D eigenvalue weighted by Crippen LogP contribution is 2.27. The molecule has 0 spiro atoms. The van der Waals surface area contributed by atoms with E-state index in [1.807, 2.05) is 62.7 Å². The van der Waals surface area contributed by atoms with E-state index in [-0.39, 0.29) is 30.3 Å². The molecule has 1 aliphatic rings. The Hall–Kier alpha value is -5.00. The Labute approximate surface area is 358 Å². The van der Waals surface area contributed by atoms with Crippen LogP contribution in [-0.2, 0) is 32.0 Å². The number of nitrogens with one attached hydrogen (secondary N) is 3. The predicted molar refractivity (Wildman–Crippen MR) is 241 cm³/mol. The molecule has 0 radical (unpaired) electrons. The summed E-state index contributed by atoms with van der Waals surface area (Å²) in [6.45, 7) is 6.13. The molecular formula is C47H61N7O5S. The SMILES string of the molecule is CSC(=NCCCCC(NC(=O)C(Cc1cccc2ccccc12)Cc1cccc2ccccc12)C(=O)NC(CC(C)C)[C@@H](O)CC(=O)N1CCOC(CCN)C1)NC#N. The lowest BCUT2D eigenvalue weighted by atomic mass is 9.87. The van der Waals surface area contributed by atoms with Crippen molar-refractivity contribution in [1.82, 2.24) is 20.9 Å². The number of aliphatic hydroxyl groups is 1. The summed E-state index contributed by atoms with van der Waals surface area (Å²) in [6.07, 6.45) is 5.75. The zero-order chi connectivity index (χ0) is 42.9. The Balaban J connectivity index is 1.39. The first-order chi connectivity index (χ1) is 29.1. The van der Waals surface area contributed by atoms with Gasteiger partial charge in [-0.15, -0.1) is 0 Å². The van der Waals surface area contributed by atoms with E-state index in [4.69, 9.17) is 15.7 Å². The number of aliphatic imine (C=N–C) groups is 1. The van der Waals surface area contributed by atoms with Crippen molar-refractivity contribution in [2.24, 2.45) is 22.6 Å². The summed E-state index contributed by atoms with van der Waals surface area (Å²) in [5.74, 6) is -1.28. The molecule has 1 aliphatic heterocycles. The number of carbonyl (C=O) groups is 3. The predicted octanol–water partition coefficient (Wildman–Crippen LogP) is 5.70. The minimum atomic E-state index is -1.14. The topological polar surface area (TPSA) is 182 Å². The fraction of sp³-hybridized carbons (Fsp3) is 0.468. The maximum absolute atomic E-state index is 14.7. The van der Waals surface area contributed by atoms with Crippen molar-refractivity contribution in [1.29, 1.82) is 5.26 Å². The van der Waals surface area contributed by atoms with Crippen LogP contribution in [0.3, 0.4) is 0 Å². The maximum Gasteiger partial charge on any atom is 0.242 e. The number of nitrogens with two attached hydrogens (primary N) is 1. The van der Waals surface area contributed by atoms with Crippen molar-refractivity contribution in [3.63, 3.8) is 0 Å². The van der Waals surface area contributed by atoms with E-state index in [9.17, 15) is 19.5 Å².